The van der Waals surface area contributed by atoms with E-state index in [-0.39, 0.29) is 35.3 Å². The van der Waals surface area contributed by atoms with Crippen molar-refractivity contribution >= 4 is 23.1 Å². The normalized spacial score (nSPS) is 25.8. The monoisotopic (exact) mass is 666 g/mol. The van der Waals surface area contributed by atoms with Gasteiger partial charge in [-0.3, -0.25) is 0 Å². The van der Waals surface area contributed by atoms with Gasteiger partial charge in [-0.25, -0.2) is 0 Å². The van der Waals surface area contributed by atoms with E-state index in [1.165, 1.54) is 0 Å². The maximum Gasteiger partial charge on any atom is 0.673 e. The van der Waals surface area contributed by atoms with E-state index in [0.29, 0.717) is 0 Å². The van der Waals surface area contributed by atoms with Crippen molar-refractivity contribution in [3.05, 3.63) is 0 Å². The van der Waals surface area contributed by atoms with Crippen molar-refractivity contribution in [3.8, 4) is 23.7 Å². The average molecular weight is 666 g/mol. The summed E-state index contributed by atoms with van der Waals surface area (Å²) < 4.78 is 39.0. The summed E-state index contributed by atoms with van der Waals surface area (Å²) in [7, 11) is -6.29. The quantitative estimate of drug-likeness (QED) is 0.110. The van der Waals surface area contributed by atoms with Crippen LogP contribution in [0.2, 0.25) is 0 Å². The zero-order valence-corrected chi connectivity index (χ0v) is 28.8. The van der Waals surface area contributed by atoms with Crippen LogP contribution in [0.1, 0.15) is 107 Å². The van der Waals surface area contributed by atoms with Gasteiger partial charge in [0.05, 0.1) is 35.0 Å². The smallest absolute Gasteiger partial charge is 0.418 e. The largest absolute Gasteiger partial charge is 0.673 e. The van der Waals surface area contributed by atoms with Crippen molar-refractivity contribution in [2.75, 3.05) is 12.3 Å². The Balaban J connectivity index is 0.000000804. The third kappa shape index (κ3) is 14.9. The third-order valence-electron chi connectivity index (χ3n) is 8.40. The SMILES string of the molecule is C1#CCCC#CCC1.CC(C)[C@@H]1CC[C@@H](C(C)C)[PH+]1CC[PH+]1[C@H](C(C)C)CC[C@H]1C(C)C.F[B-](F)(F)F.[Rh]. The molecule has 223 valence electrons. The Morgan fingerprint density at radius 3 is 0.868 bits per heavy atom. The molecule has 0 aromatic heterocycles. The van der Waals surface area contributed by atoms with E-state index in [4.69, 9.17) is 0 Å². The van der Waals surface area contributed by atoms with Crippen molar-refractivity contribution in [1.82, 2.24) is 0 Å². The summed E-state index contributed by atoms with van der Waals surface area (Å²) >= 11 is 0. The molecule has 2 heterocycles. The first-order valence-corrected chi connectivity index (χ1v) is 18.5. The van der Waals surface area contributed by atoms with Crippen LogP contribution < -0.4 is 0 Å². The van der Waals surface area contributed by atoms with Gasteiger partial charge in [0.2, 0.25) is 0 Å². The summed E-state index contributed by atoms with van der Waals surface area (Å²) in [6.07, 6.45) is 13.4. The predicted molar refractivity (Wildman–Crippen MR) is 164 cm³/mol. The molecule has 2 fully saturated rings. The van der Waals surface area contributed by atoms with E-state index >= 15 is 0 Å². The molecule has 38 heavy (non-hydrogen) atoms. The summed E-state index contributed by atoms with van der Waals surface area (Å²) in [4.78, 5) is 0. The fraction of sp³-hybridized carbons (Fsp3) is 0.867. The topological polar surface area (TPSA) is 0 Å². The summed E-state index contributed by atoms with van der Waals surface area (Å²) in [6, 6.07) is 0. The second-order valence-corrected chi connectivity index (χ2v) is 18.7. The van der Waals surface area contributed by atoms with Gasteiger partial charge in [-0.2, -0.15) is 0 Å². The fourth-order valence-electron chi connectivity index (χ4n) is 6.69. The molecule has 3 rings (SSSR count). The summed E-state index contributed by atoms with van der Waals surface area (Å²) in [5.41, 5.74) is 4.45. The van der Waals surface area contributed by atoms with Crippen LogP contribution in [0.25, 0.3) is 0 Å². The molecule has 2 saturated heterocycles. The van der Waals surface area contributed by atoms with Crippen molar-refractivity contribution in [2.45, 2.75) is 129 Å². The van der Waals surface area contributed by atoms with Gasteiger partial charge in [0.15, 0.2) is 0 Å². The second kappa shape index (κ2) is 19.5. The van der Waals surface area contributed by atoms with Gasteiger partial charge in [0.25, 0.3) is 0 Å². The Morgan fingerprint density at radius 2 is 0.711 bits per heavy atom. The Kier molecular flexibility index (Phi) is 19.7. The Morgan fingerprint density at radius 1 is 0.526 bits per heavy atom. The molecule has 1 aliphatic carbocycles. The maximum atomic E-state index is 9.75. The van der Waals surface area contributed by atoms with Gasteiger partial charge in [-0.05, 0) is 49.4 Å². The minimum absolute atomic E-state index is 0. The first kappa shape index (κ1) is 38.4. The fourth-order valence-corrected chi connectivity index (χ4v) is 17.2. The zero-order valence-electron chi connectivity index (χ0n) is 25.1. The van der Waals surface area contributed by atoms with Gasteiger partial charge < -0.3 is 17.3 Å². The van der Waals surface area contributed by atoms with E-state index in [9.17, 15) is 17.3 Å². The Bertz CT molecular complexity index is 652. The molecular weight excluding hydrogens is 612 g/mol. The molecule has 0 spiro atoms. The molecule has 4 atom stereocenters. The van der Waals surface area contributed by atoms with Crippen LogP contribution in [-0.2, 0) is 19.5 Å². The van der Waals surface area contributed by atoms with Gasteiger partial charge in [0, 0.05) is 61.0 Å². The molecule has 0 unspecified atom stereocenters. The van der Waals surface area contributed by atoms with Gasteiger partial charge in [-0.1, -0.05) is 55.4 Å². The van der Waals surface area contributed by atoms with Crippen LogP contribution in [0.15, 0.2) is 0 Å². The molecule has 0 N–H and O–H groups in total. The predicted octanol–water partition coefficient (Wildman–Crippen LogP) is 9.97. The molecule has 3 aliphatic rings. The van der Waals surface area contributed by atoms with Crippen LogP contribution in [0.5, 0.6) is 0 Å². The summed E-state index contributed by atoms with van der Waals surface area (Å²) in [6.45, 7) is 20.1. The third-order valence-corrected chi connectivity index (χ3v) is 18.2. The molecule has 0 amide bonds. The standard InChI is InChI=1S/C22H44P2.C8H8.BF4.Rh/c1-15(2)19-9-10-20(16(3)4)23(19)13-14-24-21(17(5)6)11-12-22(24)18(7)8;1-2-4-6-8-7-5-3-1;2-1(3,4)5;/h15-22H,9-14H2,1-8H3;1-2,7-8H2;;/q;;-1;/p+2/t19-,20-,21-,22-;;;/m0.../s1. The first-order valence-electron chi connectivity index (χ1n) is 14.7. The van der Waals surface area contributed by atoms with Crippen LogP contribution in [0.3, 0.4) is 0 Å². The molecule has 0 saturated carbocycles. The van der Waals surface area contributed by atoms with Crippen molar-refractivity contribution in [1.29, 1.82) is 0 Å². The number of halogens is 4. The molecular formula is C30H54BF4P2Rh+. The maximum absolute atomic E-state index is 9.75. The van der Waals surface area contributed by atoms with E-state index in [1.807, 2.05) is 0 Å². The minimum atomic E-state index is -6.00. The molecule has 0 nitrogen and oxygen atoms in total. The van der Waals surface area contributed by atoms with E-state index < -0.39 is 7.25 Å². The minimum Gasteiger partial charge on any atom is -0.418 e. The van der Waals surface area contributed by atoms with Gasteiger partial charge in [-0.15, -0.1) is 23.7 Å². The molecule has 1 radical (unpaired) electrons. The van der Waals surface area contributed by atoms with E-state index in [0.717, 1.165) is 72.0 Å². The van der Waals surface area contributed by atoms with E-state index in [1.54, 1.807) is 38.0 Å². The Labute approximate surface area is 248 Å². The number of hydrogen-bond acceptors (Lipinski definition) is 0. The zero-order chi connectivity index (χ0) is 28.2. The van der Waals surface area contributed by atoms with Crippen molar-refractivity contribution in [3.63, 3.8) is 0 Å². The first-order chi connectivity index (χ1) is 17.2. The van der Waals surface area contributed by atoms with Crippen LogP contribution in [-0.4, -0.2) is 42.2 Å². The van der Waals surface area contributed by atoms with Crippen molar-refractivity contribution < 1.29 is 36.7 Å². The summed E-state index contributed by atoms with van der Waals surface area (Å²) in [5.74, 6) is 15.9. The Hall–Kier alpha value is 0.388. The second-order valence-electron chi connectivity index (χ2n) is 12.4. The average Bonchev–Trinajstić information content (AvgIpc) is 3.35. The molecule has 0 aromatic rings. The van der Waals surface area contributed by atoms with E-state index in [2.05, 4.69) is 79.1 Å². The number of rotatable bonds is 7. The molecule has 2 aliphatic heterocycles. The molecule has 0 bridgehead atoms. The summed E-state index contributed by atoms with van der Waals surface area (Å²) in [5, 5.41) is 0. The van der Waals surface area contributed by atoms with Crippen LogP contribution in [0, 0.1) is 47.4 Å². The van der Waals surface area contributed by atoms with Gasteiger partial charge >= 0.3 is 7.25 Å². The van der Waals surface area contributed by atoms with Gasteiger partial charge in [0.1, 0.15) is 0 Å². The molecule has 0 aromatic carbocycles. The molecule has 8 heteroatoms. The van der Waals surface area contributed by atoms with Crippen LogP contribution in [0.4, 0.5) is 17.3 Å². The number of hydrogen-bond donors (Lipinski definition) is 0. The van der Waals surface area contributed by atoms with Crippen LogP contribution >= 0.6 is 15.8 Å². The van der Waals surface area contributed by atoms with Crippen molar-refractivity contribution in [2.24, 2.45) is 23.7 Å².